The molecule has 2 rings (SSSR count). The van der Waals surface area contributed by atoms with Crippen LogP contribution in [0.15, 0.2) is 42.5 Å². The molecule has 0 saturated heterocycles. The molecule has 0 heterocycles. The van der Waals surface area contributed by atoms with Crippen LogP contribution >= 0.6 is 0 Å². The second-order valence-corrected chi connectivity index (χ2v) is 6.00. The van der Waals surface area contributed by atoms with Crippen LogP contribution in [0.3, 0.4) is 0 Å². The van der Waals surface area contributed by atoms with Gasteiger partial charge in [-0.1, -0.05) is 12.1 Å². The van der Waals surface area contributed by atoms with Crippen LogP contribution in [0.2, 0.25) is 0 Å². The van der Waals surface area contributed by atoms with E-state index in [9.17, 15) is 19.3 Å². The second-order valence-electron chi connectivity index (χ2n) is 6.00. The number of rotatable bonds is 7. The third kappa shape index (κ3) is 4.76. The van der Waals surface area contributed by atoms with Crippen molar-refractivity contribution in [2.75, 3.05) is 19.5 Å². The summed E-state index contributed by atoms with van der Waals surface area (Å²) in [5, 5.41) is 13.6. The maximum Gasteiger partial charge on any atom is 0.282 e. The molecular formula is C18H21FN3O4+. The summed E-state index contributed by atoms with van der Waals surface area (Å²) in [6.45, 7) is 2.28. The van der Waals surface area contributed by atoms with Gasteiger partial charge in [0.25, 0.3) is 11.6 Å². The molecule has 2 atom stereocenters. The maximum absolute atomic E-state index is 13.0. The monoisotopic (exact) mass is 362 g/mol. The van der Waals surface area contributed by atoms with Gasteiger partial charge in [0.05, 0.1) is 24.8 Å². The number of nitrogens with one attached hydrogen (secondary N) is 2. The summed E-state index contributed by atoms with van der Waals surface area (Å²) >= 11 is 0. The molecule has 7 nitrogen and oxygen atoms in total. The van der Waals surface area contributed by atoms with E-state index in [1.54, 1.807) is 19.1 Å². The number of carbonyl (C=O) groups excluding carboxylic acids is 1. The first-order valence-corrected chi connectivity index (χ1v) is 8.02. The van der Waals surface area contributed by atoms with Crippen molar-refractivity contribution in [1.82, 2.24) is 0 Å². The van der Waals surface area contributed by atoms with E-state index in [0.717, 1.165) is 10.5 Å². The molecule has 138 valence electrons. The van der Waals surface area contributed by atoms with Crippen molar-refractivity contribution < 1.29 is 23.7 Å². The first-order valence-electron chi connectivity index (χ1n) is 8.02. The summed E-state index contributed by atoms with van der Waals surface area (Å²) in [5.74, 6) is -0.272. The molecule has 2 aromatic carbocycles. The van der Waals surface area contributed by atoms with E-state index in [-0.39, 0.29) is 23.1 Å². The zero-order chi connectivity index (χ0) is 19.3. The third-order valence-electron chi connectivity index (χ3n) is 4.18. The van der Waals surface area contributed by atoms with Crippen molar-refractivity contribution in [3.05, 3.63) is 64.0 Å². The van der Waals surface area contributed by atoms with E-state index >= 15 is 0 Å². The van der Waals surface area contributed by atoms with Crippen LogP contribution in [-0.2, 0) is 11.3 Å². The van der Waals surface area contributed by atoms with E-state index in [0.29, 0.717) is 12.3 Å². The van der Waals surface area contributed by atoms with Gasteiger partial charge >= 0.3 is 0 Å². The van der Waals surface area contributed by atoms with E-state index in [2.05, 4.69) is 5.32 Å². The largest absolute Gasteiger partial charge is 0.495 e. The number of anilines is 1. The van der Waals surface area contributed by atoms with Crippen LogP contribution in [0.25, 0.3) is 0 Å². The molecule has 2 N–H and O–H groups in total. The molecule has 0 spiro atoms. The Labute approximate surface area is 150 Å². The first kappa shape index (κ1) is 19.3. The van der Waals surface area contributed by atoms with Gasteiger partial charge in [-0.25, -0.2) is 4.39 Å². The minimum atomic E-state index is -0.537. The van der Waals surface area contributed by atoms with E-state index < -0.39 is 11.0 Å². The number of ether oxygens (including phenoxy) is 1. The minimum Gasteiger partial charge on any atom is -0.495 e. The number of benzene rings is 2. The van der Waals surface area contributed by atoms with Gasteiger partial charge in [-0.05, 0) is 25.1 Å². The topological polar surface area (TPSA) is 85.9 Å². The summed E-state index contributed by atoms with van der Waals surface area (Å²) in [5.41, 5.74) is 1.00. The van der Waals surface area contributed by atoms with Gasteiger partial charge in [0.1, 0.15) is 18.1 Å². The van der Waals surface area contributed by atoms with Gasteiger partial charge in [-0.2, -0.15) is 0 Å². The Balaban J connectivity index is 2.09. The lowest BCUT2D eigenvalue weighted by molar-refractivity contribution is -0.907. The molecule has 0 radical (unpaired) electrons. The number of methoxy groups -OCH3 is 1. The molecule has 26 heavy (non-hydrogen) atoms. The normalized spacial score (nSPS) is 12.9. The highest BCUT2D eigenvalue weighted by Crippen LogP contribution is 2.28. The van der Waals surface area contributed by atoms with Crippen LogP contribution in [0.1, 0.15) is 12.5 Å². The number of carbonyl (C=O) groups is 1. The van der Waals surface area contributed by atoms with Gasteiger partial charge in [0, 0.05) is 17.7 Å². The summed E-state index contributed by atoms with van der Waals surface area (Å²) in [6, 6.07) is 9.67. The summed E-state index contributed by atoms with van der Waals surface area (Å²) in [4.78, 5) is 23.8. The Morgan fingerprint density at radius 1 is 1.31 bits per heavy atom. The van der Waals surface area contributed by atoms with Crippen molar-refractivity contribution in [2.45, 2.75) is 19.5 Å². The zero-order valence-electron chi connectivity index (χ0n) is 14.8. The molecule has 2 aromatic rings. The zero-order valence-corrected chi connectivity index (χ0v) is 14.8. The lowest BCUT2D eigenvalue weighted by Crippen LogP contribution is -3.12. The maximum atomic E-state index is 13.0. The lowest BCUT2D eigenvalue weighted by atomic mass is 10.1. The van der Waals surface area contributed by atoms with E-state index in [1.807, 2.05) is 7.05 Å². The van der Waals surface area contributed by atoms with Gasteiger partial charge in [0.15, 0.2) is 6.04 Å². The summed E-state index contributed by atoms with van der Waals surface area (Å²) < 4.78 is 18.1. The fourth-order valence-electron chi connectivity index (χ4n) is 2.45. The van der Waals surface area contributed by atoms with Crippen LogP contribution in [-0.4, -0.2) is 31.0 Å². The van der Waals surface area contributed by atoms with Gasteiger partial charge in [-0.3, -0.25) is 14.9 Å². The molecule has 0 aliphatic heterocycles. The lowest BCUT2D eigenvalue weighted by Gasteiger charge is -2.21. The van der Waals surface area contributed by atoms with Crippen molar-refractivity contribution in [3.8, 4) is 5.75 Å². The Kier molecular flexibility index (Phi) is 6.24. The Bertz CT molecular complexity index is 796. The highest BCUT2D eigenvalue weighted by atomic mass is 19.1. The molecule has 0 aliphatic carbocycles. The highest BCUT2D eigenvalue weighted by Gasteiger charge is 2.24. The van der Waals surface area contributed by atoms with Crippen LogP contribution < -0.4 is 15.0 Å². The number of hydrogen-bond acceptors (Lipinski definition) is 4. The molecule has 0 aromatic heterocycles. The number of nitro groups is 1. The minimum absolute atomic E-state index is 0.138. The van der Waals surface area contributed by atoms with E-state index in [1.165, 1.54) is 37.4 Å². The Morgan fingerprint density at radius 3 is 2.54 bits per heavy atom. The van der Waals surface area contributed by atoms with Crippen molar-refractivity contribution in [2.24, 2.45) is 0 Å². The molecule has 8 heteroatoms. The van der Waals surface area contributed by atoms with Gasteiger partial charge in [-0.15, -0.1) is 0 Å². The molecule has 0 bridgehead atoms. The number of hydrogen-bond donors (Lipinski definition) is 2. The van der Waals surface area contributed by atoms with Crippen LogP contribution in [0.4, 0.5) is 15.8 Å². The average Bonchev–Trinajstić information content (AvgIpc) is 2.62. The summed E-state index contributed by atoms with van der Waals surface area (Å²) in [6.07, 6.45) is 0. The second kappa shape index (κ2) is 8.39. The van der Waals surface area contributed by atoms with E-state index in [4.69, 9.17) is 4.74 Å². The van der Waals surface area contributed by atoms with Gasteiger partial charge < -0.3 is 15.0 Å². The van der Waals surface area contributed by atoms with Crippen LogP contribution in [0, 0.1) is 15.9 Å². The predicted molar refractivity (Wildman–Crippen MR) is 94.7 cm³/mol. The quantitative estimate of drug-likeness (QED) is 0.581. The third-order valence-corrected chi connectivity index (χ3v) is 4.18. The van der Waals surface area contributed by atoms with Gasteiger partial charge in [0.2, 0.25) is 0 Å². The number of nitro benzene ring substituents is 1. The number of nitrogens with zero attached hydrogens (tertiary/aromatic N) is 1. The molecule has 0 fully saturated rings. The standard InChI is InChI=1S/C18H20FN3O4/c1-12(21(2)11-13-4-6-14(19)7-5-13)18(23)20-16-10-15(22(24)25)8-9-17(16)26-3/h4-10,12H,11H2,1-3H3,(H,20,23)/p+1/t12-/m0/s1. The number of amides is 1. The number of non-ortho nitro benzene ring substituents is 1. The first-order chi connectivity index (χ1) is 12.3. The van der Waals surface area contributed by atoms with Crippen molar-refractivity contribution in [1.29, 1.82) is 0 Å². The number of likely N-dealkylation sites (N-methyl/N-ethyl adjacent to an activating group) is 1. The fourth-order valence-corrected chi connectivity index (χ4v) is 2.45. The average molecular weight is 362 g/mol. The Hall–Kier alpha value is -3.00. The van der Waals surface area contributed by atoms with Crippen molar-refractivity contribution >= 4 is 17.3 Å². The number of quaternary nitrogens is 1. The molecular weight excluding hydrogens is 341 g/mol. The summed E-state index contributed by atoms with van der Waals surface area (Å²) in [7, 11) is 3.27. The molecule has 0 saturated carbocycles. The molecule has 0 aliphatic rings. The molecule has 1 unspecified atom stereocenters. The highest BCUT2D eigenvalue weighted by molar-refractivity contribution is 5.95. The molecule has 1 amide bonds. The SMILES string of the molecule is COc1ccc([N+](=O)[O-])cc1NC(=O)[C@H](C)[NH+](C)Cc1ccc(F)cc1. The Morgan fingerprint density at radius 2 is 1.96 bits per heavy atom. The fraction of sp³-hybridized carbons (Fsp3) is 0.278. The van der Waals surface area contributed by atoms with Crippen molar-refractivity contribution in [3.63, 3.8) is 0 Å². The smallest absolute Gasteiger partial charge is 0.282 e. The van der Waals surface area contributed by atoms with Crippen LogP contribution in [0.5, 0.6) is 5.75 Å². The number of halogens is 1. The predicted octanol–water partition coefficient (Wildman–Crippen LogP) is 1.78.